The molecular formula is C17H20ClF3N4O2. The van der Waals surface area contributed by atoms with Gasteiger partial charge in [-0.2, -0.15) is 13.9 Å². The maximum atomic E-state index is 14.1. The van der Waals surface area contributed by atoms with E-state index in [1.165, 1.54) is 12.1 Å². The van der Waals surface area contributed by atoms with Gasteiger partial charge in [-0.25, -0.2) is 4.39 Å². The number of amides is 1. The first kappa shape index (κ1) is 21.0. The first-order valence-electron chi connectivity index (χ1n) is 8.24. The Hall–Kier alpha value is -2.26. The van der Waals surface area contributed by atoms with Gasteiger partial charge >= 0.3 is 6.61 Å². The number of alkyl halides is 2. The number of rotatable bonds is 6. The van der Waals surface area contributed by atoms with Gasteiger partial charge in [-0.05, 0) is 44.1 Å². The number of nitrogens with zero attached hydrogens (tertiary/aromatic N) is 2. The normalized spacial score (nSPS) is 15.9. The maximum Gasteiger partial charge on any atom is 0.387 e. The van der Waals surface area contributed by atoms with E-state index in [1.54, 1.807) is 23.1 Å². The molecule has 0 aliphatic carbocycles. The number of piperidine rings is 1. The summed E-state index contributed by atoms with van der Waals surface area (Å²) in [6.07, 6.45) is 4.32. The molecule has 2 aromatic rings. The smallest absolute Gasteiger partial charge is 0.387 e. The SMILES string of the molecule is Cl.O=C(NCc1c(F)cccc1OC(F)F)C1(n2cccn2)CCNCC1. The minimum Gasteiger partial charge on any atom is -0.434 e. The highest BCUT2D eigenvalue weighted by Gasteiger charge is 2.41. The molecule has 1 aromatic carbocycles. The first-order valence-corrected chi connectivity index (χ1v) is 8.24. The summed E-state index contributed by atoms with van der Waals surface area (Å²) in [4.78, 5) is 12.9. The predicted octanol–water partition coefficient (Wildman–Crippen LogP) is 2.44. The van der Waals surface area contributed by atoms with Gasteiger partial charge in [0.25, 0.3) is 0 Å². The van der Waals surface area contributed by atoms with Crippen LogP contribution in [0.5, 0.6) is 5.75 Å². The lowest BCUT2D eigenvalue weighted by Crippen LogP contribution is -2.54. The summed E-state index contributed by atoms with van der Waals surface area (Å²) in [5.74, 6) is -1.35. The van der Waals surface area contributed by atoms with Crippen LogP contribution < -0.4 is 15.4 Å². The Bertz CT molecular complexity index is 753. The highest BCUT2D eigenvalue weighted by Crippen LogP contribution is 2.28. The van der Waals surface area contributed by atoms with Gasteiger partial charge in [0.1, 0.15) is 17.1 Å². The number of hydrogen-bond acceptors (Lipinski definition) is 4. The first-order chi connectivity index (χ1) is 12.5. The van der Waals surface area contributed by atoms with Crippen LogP contribution in [-0.4, -0.2) is 35.4 Å². The average Bonchev–Trinajstić information content (AvgIpc) is 3.16. The van der Waals surface area contributed by atoms with Gasteiger partial charge in [0.05, 0.1) is 0 Å². The molecule has 1 aliphatic rings. The van der Waals surface area contributed by atoms with Crippen molar-refractivity contribution in [2.24, 2.45) is 0 Å². The molecular weight excluding hydrogens is 385 g/mol. The molecule has 10 heteroatoms. The number of carbonyl (C=O) groups excluding carboxylic acids is 1. The molecule has 0 bridgehead atoms. The van der Waals surface area contributed by atoms with Crippen molar-refractivity contribution < 1.29 is 22.7 Å². The van der Waals surface area contributed by atoms with E-state index < -0.39 is 18.0 Å². The third-order valence-electron chi connectivity index (χ3n) is 4.51. The minimum absolute atomic E-state index is 0. The van der Waals surface area contributed by atoms with Crippen LogP contribution in [-0.2, 0) is 16.9 Å². The minimum atomic E-state index is -3.08. The molecule has 2 N–H and O–H groups in total. The highest BCUT2D eigenvalue weighted by molar-refractivity contribution is 5.85. The molecule has 1 fully saturated rings. The largest absolute Gasteiger partial charge is 0.434 e. The second-order valence-corrected chi connectivity index (χ2v) is 6.01. The van der Waals surface area contributed by atoms with E-state index in [-0.39, 0.29) is 36.2 Å². The molecule has 2 heterocycles. The lowest BCUT2D eigenvalue weighted by molar-refractivity contribution is -0.132. The summed E-state index contributed by atoms with van der Waals surface area (Å²) in [5.41, 5.74) is -1.02. The molecule has 0 unspecified atom stereocenters. The summed E-state index contributed by atoms with van der Waals surface area (Å²) in [7, 11) is 0. The topological polar surface area (TPSA) is 68.2 Å². The third kappa shape index (κ3) is 4.54. The molecule has 1 amide bonds. The average molecular weight is 405 g/mol. The van der Waals surface area contributed by atoms with E-state index in [4.69, 9.17) is 0 Å². The molecule has 27 heavy (non-hydrogen) atoms. The maximum absolute atomic E-state index is 14.1. The van der Waals surface area contributed by atoms with Crippen molar-refractivity contribution in [2.75, 3.05) is 13.1 Å². The number of nitrogens with one attached hydrogen (secondary N) is 2. The van der Waals surface area contributed by atoms with Crippen LogP contribution in [0.2, 0.25) is 0 Å². The summed E-state index contributed by atoms with van der Waals surface area (Å²) < 4.78 is 45.0. The zero-order valence-electron chi connectivity index (χ0n) is 14.3. The summed E-state index contributed by atoms with van der Waals surface area (Å²) in [6, 6.07) is 5.37. The van der Waals surface area contributed by atoms with Gasteiger partial charge in [0.15, 0.2) is 0 Å². The zero-order chi connectivity index (χ0) is 18.6. The van der Waals surface area contributed by atoms with E-state index >= 15 is 0 Å². The fraction of sp³-hybridized carbons (Fsp3) is 0.412. The standard InChI is InChI=1S/C17H19F3N4O2.ClH/c18-13-3-1-4-14(26-16(19)20)12(13)11-22-15(25)17(5-8-21-9-6-17)24-10-2-7-23-24;/h1-4,7,10,16,21H,5-6,8-9,11H2,(H,22,25);1H. The lowest BCUT2D eigenvalue weighted by Gasteiger charge is -2.36. The molecule has 3 rings (SSSR count). The Morgan fingerprint density at radius 3 is 2.70 bits per heavy atom. The van der Waals surface area contributed by atoms with E-state index in [0.717, 1.165) is 6.07 Å². The monoisotopic (exact) mass is 404 g/mol. The number of benzene rings is 1. The predicted molar refractivity (Wildman–Crippen MR) is 94.4 cm³/mol. The zero-order valence-corrected chi connectivity index (χ0v) is 15.1. The van der Waals surface area contributed by atoms with Crippen LogP contribution >= 0.6 is 12.4 Å². The Morgan fingerprint density at radius 2 is 2.07 bits per heavy atom. The summed E-state index contributed by atoms with van der Waals surface area (Å²) in [5, 5.41) is 10.0. The number of halogens is 4. The van der Waals surface area contributed by atoms with Crippen molar-refractivity contribution in [3.8, 4) is 5.75 Å². The Morgan fingerprint density at radius 1 is 1.33 bits per heavy atom. The number of ether oxygens (including phenoxy) is 1. The third-order valence-corrected chi connectivity index (χ3v) is 4.51. The molecule has 1 aliphatic heterocycles. The van der Waals surface area contributed by atoms with Crippen molar-refractivity contribution in [2.45, 2.75) is 31.5 Å². The van der Waals surface area contributed by atoms with E-state index in [9.17, 15) is 18.0 Å². The second kappa shape index (κ2) is 9.09. The van der Waals surface area contributed by atoms with Gasteiger partial charge in [-0.1, -0.05) is 6.07 Å². The highest BCUT2D eigenvalue weighted by atomic mass is 35.5. The van der Waals surface area contributed by atoms with Crippen LogP contribution in [0, 0.1) is 5.82 Å². The van der Waals surface area contributed by atoms with Crippen molar-refractivity contribution >= 4 is 18.3 Å². The lowest BCUT2D eigenvalue weighted by atomic mass is 9.87. The molecule has 0 saturated carbocycles. The second-order valence-electron chi connectivity index (χ2n) is 6.01. The fourth-order valence-corrected chi connectivity index (χ4v) is 3.17. The quantitative estimate of drug-likeness (QED) is 0.776. The Balaban J connectivity index is 0.00000261. The van der Waals surface area contributed by atoms with E-state index in [1.807, 2.05) is 0 Å². The molecule has 0 spiro atoms. The van der Waals surface area contributed by atoms with Crippen molar-refractivity contribution in [1.29, 1.82) is 0 Å². The Kier molecular flexibility index (Phi) is 7.09. The molecule has 148 valence electrons. The van der Waals surface area contributed by atoms with Gasteiger partial charge in [-0.15, -0.1) is 12.4 Å². The van der Waals surface area contributed by atoms with Gasteiger partial charge in [-0.3, -0.25) is 9.48 Å². The van der Waals surface area contributed by atoms with Crippen LogP contribution in [0.3, 0.4) is 0 Å². The molecule has 0 radical (unpaired) electrons. The number of carbonyl (C=O) groups is 1. The Labute approximate surface area is 160 Å². The van der Waals surface area contributed by atoms with Crippen molar-refractivity contribution in [1.82, 2.24) is 20.4 Å². The molecule has 0 atom stereocenters. The van der Waals surface area contributed by atoms with Crippen LogP contribution in [0.15, 0.2) is 36.7 Å². The van der Waals surface area contributed by atoms with E-state index in [2.05, 4.69) is 20.5 Å². The van der Waals surface area contributed by atoms with Gasteiger partial charge in [0.2, 0.25) is 5.91 Å². The van der Waals surface area contributed by atoms with Crippen molar-refractivity contribution in [3.05, 3.63) is 48.0 Å². The van der Waals surface area contributed by atoms with Crippen LogP contribution in [0.25, 0.3) is 0 Å². The van der Waals surface area contributed by atoms with Gasteiger partial charge in [0, 0.05) is 24.5 Å². The summed E-state index contributed by atoms with van der Waals surface area (Å²) >= 11 is 0. The molecule has 1 saturated heterocycles. The number of aromatic nitrogens is 2. The van der Waals surface area contributed by atoms with Crippen LogP contribution in [0.1, 0.15) is 18.4 Å². The molecule has 6 nitrogen and oxygen atoms in total. The van der Waals surface area contributed by atoms with Crippen molar-refractivity contribution in [3.63, 3.8) is 0 Å². The summed E-state index contributed by atoms with van der Waals surface area (Å²) in [6.45, 7) is -2.07. The fourth-order valence-electron chi connectivity index (χ4n) is 3.17. The van der Waals surface area contributed by atoms with Crippen LogP contribution in [0.4, 0.5) is 13.2 Å². The van der Waals surface area contributed by atoms with Gasteiger partial charge < -0.3 is 15.4 Å². The van der Waals surface area contributed by atoms with E-state index in [0.29, 0.717) is 25.9 Å². The molecule has 1 aromatic heterocycles. The number of hydrogen-bond donors (Lipinski definition) is 2.